The average Bonchev–Trinajstić information content (AvgIpc) is 2.15. The minimum atomic E-state index is 0.209. The van der Waals surface area contributed by atoms with Crippen LogP contribution in [0.3, 0.4) is 0 Å². The van der Waals surface area contributed by atoms with E-state index in [2.05, 4.69) is 34.8 Å². The van der Waals surface area contributed by atoms with Gasteiger partial charge >= 0.3 is 0 Å². The van der Waals surface area contributed by atoms with Crippen LogP contribution in [0.5, 0.6) is 5.88 Å². The Balaban J connectivity index is 1.98. The number of hydrogen-bond acceptors (Lipinski definition) is 3. The number of nitrogens with zero attached hydrogens (tertiary/aromatic N) is 1. The number of halogens is 1. The third kappa shape index (κ3) is 3.19. The maximum Gasteiger partial charge on any atom is 0.214 e. The fraction of sp³-hybridized carbons (Fsp3) is 0.583. The molecule has 0 spiro atoms. The lowest BCUT2D eigenvalue weighted by atomic mass is 10.0. The van der Waals surface area contributed by atoms with Gasteiger partial charge in [-0.05, 0) is 35.8 Å². The van der Waals surface area contributed by atoms with Gasteiger partial charge < -0.3 is 9.47 Å². The van der Waals surface area contributed by atoms with E-state index in [9.17, 15) is 0 Å². The molecule has 2 heterocycles. The summed E-state index contributed by atoms with van der Waals surface area (Å²) >= 11 is 3.33. The van der Waals surface area contributed by atoms with E-state index >= 15 is 0 Å². The number of pyridine rings is 1. The van der Waals surface area contributed by atoms with Crippen LogP contribution in [-0.4, -0.2) is 23.3 Å². The van der Waals surface area contributed by atoms with Crippen molar-refractivity contribution in [1.29, 1.82) is 0 Å². The quantitative estimate of drug-likeness (QED) is 0.782. The Morgan fingerprint density at radius 3 is 2.62 bits per heavy atom. The predicted molar refractivity (Wildman–Crippen MR) is 65.6 cm³/mol. The highest BCUT2D eigenvalue weighted by Gasteiger charge is 2.25. The van der Waals surface area contributed by atoms with E-state index in [0.29, 0.717) is 5.88 Å². The van der Waals surface area contributed by atoms with Crippen molar-refractivity contribution in [3.8, 4) is 5.88 Å². The van der Waals surface area contributed by atoms with Crippen LogP contribution in [0.2, 0.25) is 0 Å². The van der Waals surface area contributed by atoms with Gasteiger partial charge in [-0.25, -0.2) is 4.98 Å². The zero-order chi connectivity index (χ0) is 11.5. The van der Waals surface area contributed by atoms with E-state index in [1.807, 2.05) is 18.2 Å². The topological polar surface area (TPSA) is 31.4 Å². The minimum absolute atomic E-state index is 0.209. The van der Waals surface area contributed by atoms with Crippen molar-refractivity contribution in [3.05, 3.63) is 22.8 Å². The summed E-state index contributed by atoms with van der Waals surface area (Å²) in [5.41, 5.74) is 0. The maximum atomic E-state index is 5.86. The molecule has 2 unspecified atom stereocenters. The van der Waals surface area contributed by atoms with Crippen molar-refractivity contribution in [1.82, 2.24) is 4.98 Å². The molecule has 0 saturated carbocycles. The fourth-order valence-corrected chi connectivity index (χ4v) is 2.39. The van der Waals surface area contributed by atoms with Crippen molar-refractivity contribution in [3.63, 3.8) is 0 Å². The van der Waals surface area contributed by atoms with Gasteiger partial charge in [-0.3, -0.25) is 0 Å². The molecule has 1 aromatic rings. The Hall–Kier alpha value is -0.610. The Morgan fingerprint density at radius 1 is 1.31 bits per heavy atom. The Bertz CT molecular complexity index is 349. The number of aromatic nitrogens is 1. The molecule has 1 saturated heterocycles. The molecule has 88 valence electrons. The van der Waals surface area contributed by atoms with Crippen LogP contribution in [0.15, 0.2) is 22.8 Å². The molecule has 2 rings (SSSR count). The Morgan fingerprint density at radius 2 is 2.00 bits per heavy atom. The van der Waals surface area contributed by atoms with Gasteiger partial charge in [-0.15, -0.1) is 0 Å². The van der Waals surface area contributed by atoms with Crippen LogP contribution >= 0.6 is 15.9 Å². The van der Waals surface area contributed by atoms with Gasteiger partial charge in [0, 0.05) is 18.9 Å². The maximum absolute atomic E-state index is 5.86. The van der Waals surface area contributed by atoms with Gasteiger partial charge in [0.25, 0.3) is 0 Å². The fourth-order valence-electron chi connectivity index (χ4n) is 2.07. The highest BCUT2D eigenvalue weighted by molar-refractivity contribution is 9.10. The molecule has 0 amide bonds. The molecule has 3 nitrogen and oxygen atoms in total. The SMILES string of the molecule is CC1CC(Oc2cccc(Br)n2)CC(C)O1. The lowest BCUT2D eigenvalue weighted by molar-refractivity contribution is -0.0729. The highest BCUT2D eigenvalue weighted by Crippen LogP contribution is 2.23. The van der Waals surface area contributed by atoms with E-state index in [1.54, 1.807) is 0 Å². The summed E-state index contributed by atoms with van der Waals surface area (Å²) in [5.74, 6) is 0.681. The molecule has 0 radical (unpaired) electrons. The first-order valence-electron chi connectivity index (χ1n) is 5.58. The van der Waals surface area contributed by atoms with E-state index in [-0.39, 0.29) is 18.3 Å². The van der Waals surface area contributed by atoms with Crippen LogP contribution in [-0.2, 0) is 4.74 Å². The standard InChI is InChI=1S/C12H16BrNO2/c1-8-6-10(7-9(2)15-8)16-12-5-3-4-11(13)14-12/h3-5,8-10H,6-7H2,1-2H3. The lowest BCUT2D eigenvalue weighted by Crippen LogP contribution is -2.35. The van der Waals surface area contributed by atoms with Gasteiger partial charge in [0.15, 0.2) is 0 Å². The third-order valence-electron chi connectivity index (χ3n) is 2.63. The summed E-state index contributed by atoms with van der Waals surface area (Å²) < 4.78 is 12.3. The molecule has 0 aliphatic carbocycles. The molecule has 1 aliphatic rings. The molecule has 0 aromatic carbocycles. The highest BCUT2D eigenvalue weighted by atomic mass is 79.9. The molecule has 1 fully saturated rings. The summed E-state index contributed by atoms with van der Waals surface area (Å²) in [6, 6.07) is 5.70. The van der Waals surface area contributed by atoms with Gasteiger partial charge in [0.05, 0.1) is 12.2 Å². The van der Waals surface area contributed by atoms with Crippen molar-refractivity contribution in [2.24, 2.45) is 0 Å². The van der Waals surface area contributed by atoms with Crippen LogP contribution in [0.1, 0.15) is 26.7 Å². The van der Waals surface area contributed by atoms with Gasteiger partial charge in [0.1, 0.15) is 10.7 Å². The minimum Gasteiger partial charge on any atom is -0.474 e. The molecule has 2 atom stereocenters. The van der Waals surface area contributed by atoms with E-state index in [4.69, 9.17) is 9.47 Å². The molecule has 0 bridgehead atoms. The zero-order valence-electron chi connectivity index (χ0n) is 9.52. The Labute approximate surface area is 104 Å². The van der Waals surface area contributed by atoms with Gasteiger partial charge in [0.2, 0.25) is 5.88 Å². The molecule has 16 heavy (non-hydrogen) atoms. The van der Waals surface area contributed by atoms with Gasteiger partial charge in [-0.2, -0.15) is 0 Å². The van der Waals surface area contributed by atoms with E-state index in [0.717, 1.165) is 17.4 Å². The number of rotatable bonds is 2. The van der Waals surface area contributed by atoms with Crippen molar-refractivity contribution in [2.45, 2.75) is 45.0 Å². The predicted octanol–water partition coefficient (Wildman–Crippen LogP) is 3.18. The summed E-state index contributed by atoms with van der Waals surface area (Å²) in [4.78, 5) is 4.27. The second kappa shape index (κ2) is 5.15. The number of hydrogen-bond donors (Lipinski definition) is 0. The van der Waals surface area contributed by atoms with Crippen molar-refractivity contribution in [2.75, 3.05) is 0 Å². The summed E-state index contributed by atoms with van der Waals surface area (Å²) in [6.07, 6.45) is 2.60. The van der Waals surface area contributed by atoms with Crippen LogP contribution in [0.4, 0.5) is 0 Å². The smallest absolute Gasteiger partial charge is 0.214 e. The summed E-state index contributed by atoms with van der Waals surface area (Å²) in [7, 11) is 0. The summed E-state index contributed by atoms with van der Waals surface area (Å²) in [5, 5.41) is 0. The first kappa shape index (κ1) is 11.9. The molecular formula is C12H16BrNO2. The molecule has 1 aromatic heterocycles. The third-order valence-corrected chi connectivity index (χ3v) is 3.07. The first-order chi connectivity index (χ1) is 7.63. The van der Waals surface area contributed by atoms with Crippen LogP contribution < -0.4 is 4.74 Å². The Kier molecular flexibility index (Phi) is 3.82. The van der Waals surface area contributed by atoms with Crippen molar-refractivity contribution < 1.29 is 9.47 Å². The van der Waals surface area contributed by atoms with Gasteiger partial charge in [-0.1, -0.05) is 6.07 Å². The lowest BCUT2D eigenvalue weighted by Gasteiger charge is -2.31. The van der Waals surface area contributed by atoms with Crippen molar-refractivity contribution >= 4 is 15.9 Å². The number of ether oxygens (including phenoxy) is 2. The molecule has 1 aliphatic heterocycles. The van der Waals surface area contributed by atoms with E-state index < -0.39 is 0 Å². The summed E-state index contributed by atoms with van der Waals surface area (Å²) in [6.45, 7) is 4.17. The average molecular weight is 286 g/mol. The second-order valence-corrected chi connectivity index (χ2v) is 5.08. The van der Waals surface area contributed by atoms with Crippen LogP contribution in [0.25, 0.3) is 0 Å². The van der Waals surface area contributed by atoms with E-state index in [1.165, 1.54) is 0 Å². The molecule has 0 N–H and O–H groups in total. The zero-order valence-corrected chi connectivity index (χ0v) is 11.1. The second-order valence-electron chi connectivity index (χ2n) is 4.27. The molecule has 4 heteroatoms. The molecular weight excluding hydrogens is 270 g/mol. The first-order valence-corrected chi connectivity index (χ1v) is 6.37. The van der Waals surface area contributed by atoms with Crippen LogP contribution in [0, 0.1) is 0 Å². The largest absolute Gasteiger partial charge is 0.474 e. The normalized spacial score (nSPS) is 30.1. The monoisotopic (exact) mass is 285 g/mol.